The Morgan fingerprint density at radius 1 is 1.11 bits per heavy atom. The van der Waals surface area contributed by atoms with E-state index in [1.165, 1.54) is 24.3 Å². The van der Waals surface area contributed by atoms with Crippen molar-refractivity contribution in [1.29, 1.82) is 0 Å². The van der Waals surface area contributed by atoms with Crippen LogP contribution in [0, 0.1) is 5.82 Å². The molecule has 18 heavy (non-hydrogen) atoms. The van der Waals surface area contributed by atoms with Crippen LogP contribution in [0.3, 0.4) is 0 Å². The Morgan fingerprint density at radius 2 is 1.67 bits per heavy atom. The number of hydrogen-bond donors (Lipinski definition) is 1. The zero-order chi connectivity index (χ0) is 11.4. The van der Waals surface area contributed by atoms with Crippen molar-refractivity contribution in [3.8, 4) is 0 Å². The van der Waals surface area contributed by atoms with Crippen LogP contribution in [-0.2, 0) is 0 Å². The standard InChI is InChI=1S/C12H16F2N2.2ClH/c13-11-3-1-10(2-4-11)12(14)9-16-7-5-15-6-8-16;;/h1-4,12,15H,5-9H2;2*1H. The molecule has 1 fully saturated rings. The van der Waals surface area contributed by atoms with Gasteiger partial charge in [0, 0.05) is 32.7 Å². The lowest BCUT2D eigenvalue weighted by molar-refractivity contribution is 0.175. The molecule has 0 radical (unpaired) electrons. The predicted molar refractivity (Wildman–Crippen MR) is 74.1 cm³/mol. The summed E-state index contributed by atoms with van der Waals surface area (Å²) in [6, 6.07) is 5.64. The predicted octanol–water partition coefficient (Wildman–Crippen LogP) is 2.59. The van der Waals surface area contributed by atoms with Gasteiger partial charge >= 0.3 is 0 Å². The molecule has 1 saturated heterocycles. The van der Waals surface area contributed by atoms with Gasteiger partial charge in [-0.05, 0) is 17.7 Å². The van der Waals surface area contributed by atoms with Crippen LogP contribution < -0.4 is 5.32 Å². The summed E-state index contributed by atoms with van der Waals surface area (Å²) in [5, 5.41) is 3.22. The van der Waals surface area contributed by atoms with Gasteiger partial charge in [0.2, 0.25) is 0 Å². The molecule has 0 amide bonds. The third kappa shape index (κ3) is 5.06. The van der Waals surface area contributed by atoms with Crippen LogP contribution in [0.4, 0.5) is 8.78 Å². The molecule has 104 valence electrons. The quantitative estimate of drug-likeness (QED) is 0.923. The summed E-state index contributed by atoms with van der Waals surface area (Å²) < 4.78 is 26.5. The van der Waals surface area contributed by atoms with E-state index >= 15 is 0 Å². The topological polar surface area (TPSA) is 15.3 Å². The molecule has 1 unspecified atom stereocenters. The molecule has 1 aromatic carbocycles. The van der Waals surface area contributed by atoms with Crippen molar-refractivity contribution < 1.29 is 8.78 Å². The van der Waals surface area contributed by atoms with E-state index in [0.717, 1.165) is 26.2 Å². The lowest BCUT2D eigenvalue weighted by atomic mass is 10.1. The number of alkyl halides is 1. The lowest BCUT2D eigenvalue weighted by Crippen LogP contribution is -2.44. The summed E-state index contributed by atoms with van der Waals surface area (Å²) in [6.07, 6.45) is -1.03. The van der Waals surface area contributed by atoms with Crippen molar-refractivity contribution in [3.63, 3.8) is 0 Å². The first kappa shape index (κ1) is 17.6. The minimum Gasteiger partial charge on any atom is -0.314 e. The van der Waals surface area contributed by atoms with Crippen LogP contribution in [0.2, 0.25) is 0 Å². The summed E-state index contributed by atoms with van der Waals surface area (Å²) in [4.78, 5) is 2.09. The van der Waals surface area contributed by atoms with E-state index in [0.29, 0.717) is 12.1 Å². The molecule has 1 aliphatic rings. The highest BCUT2D eigenvalue weighted by Gasteiger charge is 2.16. The highest BCUT2D eigenvalue weighted by molar-refractivity contribution is 5.85. The highest BCUT2D eigenvalue weighted by atomic mass is 35.5. The summed E-state index contributed by atoms with van der Waals surface area (Å²) in [6.45, 7) is 3.98. The van der Waals surface area contributed by atoms with E-state index < -0.39 is 6.17 Å². The molecular formula is C12H18Cl2F2N2. The van der Waals surface area contributed by atoms with Crippen LogP contribution in [0.25, 0.3) is 0 Å². The van der Waals surface area contributed by atoms with E-state index in [9.17, 15) is 8.78 Å². The maximum Gasteiger partial charge on any atom is 0.138 e. The Morgan fingerprint density at radius 3 is 2.22 bits per heavy atom. The fourth-order valence-corrected chi connectivity index (χ4v) is 1.90. The second-order valence-electron chi connectivity index (χ2n) is 4.07. The summed E-state index contributed by atoms with van der Waals surface area (Å²) in [7, 11) is 0. The highest BCUT2D eigenvalue weighted by Crippen LogP contribution is 2.19. The van der Waals surface area contributed by atoms with Gasteiger partial charge in [-0.3, -0.25) is 4.90 Å². The second-order valence-corrected chi connectivity index (χ2v) is 4.07. The first-order valence-electron chi connectivity index (χ1n) is 5.58. The molecule has 2 rings (SSSR count). The fraction of sp³-hybridized carbons (Fsp3) is 0.500. The van der Waals surface area contributed by atoms with E-state index in [2.05, 4.69) is 10.2 Å². The van der Waals surface area contributed by atoms with Crippen LogP contribution in [0.1, 0.15) is 11.7 Å². The molecule has 1 aliphatic heterocycles. The van der Waals surface area contributed by atoms with Gasteiger partial charge in [0.15, 0.2) is 0 Å². The Hall–Kier alpha value is -0.420. The zero-order valence-corrected chi connectivity index (χ0v) is 11.6. The molecule has 0 spiro atoms. The number of nitrogens with zero attached hydrogens (tertiary/aromatic N) is 1. The minimum atomic E-state index is -1.03. The van der Waals surface area contributed by atoms with Crippen LogP contribution in [0.15, 0.2) is 24.3 Å². The largest absolute Gasteiger partial charge is 0.314 e. The van der Waals surface area contributed by atoms with E-state index in [1.807, 2.05) is 0 Å². The van der Waals surface area contributed by atoms with Crippen molar-refractivity contribution >= 4 is 24.8 Å². The van der Waals surface area contributed by atoms with Crippen molar-refractivity contribution in [3.05, 3.63) is 35.6 Å². The summed E-state index contributed by atoms with van der Waals surface area (Å²) >= 11 is 0. The summed E-state index contributed by atoms with van der Waals surface area (Å²) in [5.74, 6) is -0.321. The Labute approximate surface area is 119 Å². The number of benzene rings is 1. The molecule has 0 aliphatic carbocycles. The third-order valence-corrected chi connectivity index (χ3v) is 2.86. The number of hydrogen-bond acceptors (Lipinski definition) is 2. The van der Waals surface area contributed by atoms with Crippen molar-refractivity contribution in [1.82, 2.24) is 10.2 Å². The molecule has 0 aromatic heterocycles. The molecule has 1 aromatic rings. The normalized spacial score (nSPS) is 17.4. The Kier molecular flexibility index (Phi) is 8.44. The lowest BCUT2D eigenvalue weighted by Gasteiger charge is -2.28. The molecule has 1 atom stereocenters. The smallest absolute Gasteiger partial charge is 0.138 e. The Balaban J connectivity index is 0.00000144. The van der Waals surface area contributed by atoms with E-state index in [-0.39, 0.29) is 30.6 Å². The van der Waals surface area contributed by atoms with Gasteiger partial charge in [0.1, 0.15) is 12.0 Å². The van der Waals surface area contributed by atoms with Gasteiger partial charge in [-0.15, -0.1) is 24.8 Å². The monoisotopic (exact) mass is 298 g/mol. The first-order valence-corrected chi connectivity index (χ1v) is 5.58. The van der Waals surface area contributed by atoms with Crippen molar-refractivity contribution in [2.75, 3.05) is 32.7 Å². The molecule has 0 saturated carbocycles. The first-order chi connectivity index (χ1) is 7.75. The van der Waals surface area contributed by atoms with Gasteiger partial charge in [0.05, 0.1) is 0 Å². The molecule has 0 bridgehead atoms. The maximum absolute atomic E-state index is 13.9. The zero-order valence-electron chi connectivity index (χ0n) is 9.94. The van der Waals surface area contributed by atoms with E-state index in [1.54, 1.807) is 0 Å². The van der Waals surface area contributed by atoms with Gasteiger partial charge in [-0.25, -0.2) is 8.78 Å². The average Bonchev–Trinajstić information content (AvgIpc) is 2.31. The van der Waals surface area contributed by atoms with Gasteiger partial charge in [-0.1, -0.05) is 12.1 Å². The van der Waals surface area contributed by atoms with Gasteiger partial charge < -0.3 is 5.32 Å². The van der Waals surface area contributed by atoms with Crippen LogP contribution >= 0.6 is 24.8 Å². The number of halogens is 4. The third-order valence-electron chi connectivity index (χ3n) is 2.86. The van der Waals surface area contributed by atoms with Crippen molar-refractivity contribution in [2.24, 2.45) is 0 Å². The van der Waals surface area contributed by atoms with Gasteiger partial charge in [-0.2, -0.15) is 0 Å². The molecule has 1 heterocycles. The van der Waals surface area contributed by atoms with Crippen LogP contribution in [0.5, 0.6) is 0 Å². The van der Waals surface area contributed by atoms with Gasteiger partial charge in [0.25, 0.3) is 0 Å². The molecular weight excluding hydrogens is 281 g/mol. The number of nitrogens with one attached hydrogen (secondary N) is 1. The molecule has 1 N–H and O–H groups in total. The number of piperazine rings is 1. The second kappa shape index (κ2) is 8.64. The number of rotatable bonds is 3. The molecule has 2 nitrogen and oxygen atoms in total. The maximum atomic E-state index is 13.9. The molecule has 6 heteroatoms. The fourth-order valence-electron chi connectivity index (χ4n) is 1.90. The van der Waals surface area contributed by atoms with Crippen LogP contribution in [-0.4, -0.2) is 37.6 Å². The van der Waals surface area contributed by atoms with E-state index in [4.69, 9.17) is 0 Å². The summed E-state index contributed by atoms with van der Waals surface area (Å²) in [5.41, 5.74) is 0.555. The van der Waals surface area contributed by atoms with Crippen molar-refractivity contribution in [2.45, 2.75) is 6.17 Å². The minimum absolute atomic E-state index is 0. The average molecular weight is 299 g/mol. The Bertz CT molecular complexity index is 329. The SMILES string of the molecule is Cl.Cl.Fc1ccc(C(F)CN2CCNCC2)cc1.